The highest BCUT2D eigenvalue weighted by molar-refractivity contribution is 5.91. The fourth-order valence-electron chi connectivity index (χ4n) is 6.36. The van der Waals surface area contributed by atoms with Crippen LogP contribution in [0.25, 0.3) is 11.1 Å². The number of carboxylic acid groups (broad SMARTS) is 1. The highest BCUT2D eigenvalue weighted by atomic mass is 19.1. The predicted octanol–water partition coefficient (Wildman–Crippen LogP) is 4.58. The van der Waals surface area contributed by atoms with E-state index in [0.717, 1.165) is 32.2 Å². The van der Waals surface area contributed by atoms with Gasteiger partial charge in [0.2, 0.25) is 5.91 Å². The summed E-state index contributed by atoms with van der Waals surface area (Å²) in [5, 5.41) is 23.4. The van der Waals surface area contributed by atoms with Gasteiger partial charge in [-0.2, -0.15) is 0 Å². The Balaban J connectivity index is 1.36. The van der Waals surface area contributed by atoms with Crippen molar-refractivity contribution in [3.63, 3.8) is 0 Å². The van der Waals surface area contributed by atoms with Gasteiger partial charge in [0.25, 0.3) is 0 Å². The average Bonchev–Trinajstić information content (AvgIpc) is 3.30. The maximum atomic E-state index is 15.0. The molecule has 4 atom stereocenters. The number of aliphatic hydroxyl groups is 1. The third kappa shape index (κ3) is 5.29. The number of hydrogen-bond donors (Lipinski definition) is 3. The van der Waals surface area contributed by atoms with Gasteiger partial charge in [-0.3, -0.25) is 9.69 Å². The summed E-state index contributed by atoms with van der Waals surface area (Å²) in [6.07, 6.45) is 3.19. The Morgan fingerprint density at radius 2 is 1.89 bits per heavy atom. The Kier molecular flexibility index (Phi) is 7.22. The highest BCUT2D eigenvalue weighted by Gasteiger charge is 2.42. The minimum atomic E-state index is -1.07. The monoisotopic (exact) mass is 524 g/mol. The third-order valence-electron chi connectivity index (χ3n) is 8.45. The molecule has 2 saturated carbocycles. The van der Waals surface area contributed by atoms with Gasteiger partial charge < -0.3 is 20.3 Å². The SMILES string of the molecule is CN1CC(C)(C)CC1C(=O)N[C@H]1C[C@H](Oc2ccc(C(=O)O)cc2-c2cccc(F)c2C2CCC2)C[C@H]1O. The molecule has 1 aliphatic heterocycles. The van der Waals surface area contributed by atoms with Crippen molar-refractivity contribution in [2.24, 2.45) is 5.41 Å². The van der Waals surface area contributed by atoms with E-state index >= 15 is 0 Å². The first-order valence-corrected chi connectivity index (χ1v) is 13.5. The lowest BCUT2D eigenvalue weighted by atomic mass is 9.76. The Morgan fingerprint density at radius 3 is 2.53 bits per heavy atom. The Hall–Kier alpha value is -2.97. The lowest BCUT2D eigenvalue weighted by Gasteiger charge is -2.29. The first-order valence-electron chi connectivity index (χ1n) is 13.5. The maximum Gasteiger partial charge on any atom is 0.335 e. The van der Waals surface area contributed by atoms with Gasteiger partial charge >= 0.3 is 5.97 Å². The number of nitrogens with zero attached hydrogens (tertiary/aromatic N) is 1. The zero-order chi connectivity index (χ0) is 27.2. The summed E-state index contributed by atoms with van der Waals surface area (Å²) < 4.78 is 21.3. The second-order valence-electron chi connectivity index (χ2n) is 12.0. The molecular weight excluding hydrogens is 487 g/mol. The molecule has 1 amide bonds. The van der Waals surface area contributed by atoms with Gasteiger partial charge in [-0.05, 0) is 73.0 Å². The molecule has 2 aliphatic carbocycles. The van der Waals surface area contributed by atoms with Gasteiger partial charge in [-0.25, -0.2) is 9.18 Å². The molecule has 204 valence electrons. The number of carbonyl (C=O) groups excluding carboxylic acids is 1. The van der Waals surface area contributed by atoms with E-state index in [1.54, 1.807) is 12.1 Å². The van der Waals surface area contributed by atoms with Crippen LogP contribution >= 0.6 is 0 Å². The van der Waals surface area contributed by atoms with Crippen molar-refractivity contribution >= 4 is 11.9 Å². The number of ether oxygens (including phenoxy) is 1. The first-order chi connectivity index (χ1) is 18.0. The number of likely N-dealkylation sites (N-methyl/N-ethyl adjacent to an activating group) is 1. The van der Waals surface area contributed by atoms with Gasteiger partial charge in [-0.1, -0.05) is 32.4 Å². The number of amides is 1. The molecular formula is C30H37FN2O5. The topological polar surface area (TPSA) is 99.1 Å². The van der Waals surface area contributed by atoms with Crippen LogP contribution in [0.4, 0.5) is 4.39 Å². The van der Waals surface area contributed by atoms with E-state index in [4.69, 9.17) is 4.74 Å². The first kappa shape index (κ1) is 26.6. The van der Waals surface area contributed by atoms with Crippen LogP contribution in [0.3, 0.4) is 0 Å². The summed E-state index contributed by atoms with van der Waals surface area (Å²) in [5.41, 5.74) is 1.93. The Morgan fingerprint density at radius 1 is 1.13 bits per heavy atom. The van der Waals surface area contributed by atoms with E-state index in [1.165, 1.54) is 18.2 Å². The van der Waals surface area contributed by atoms with Crippen molar-refractivity contribution in [2.75, 3.05) is 13.6 Å². The van der Waals surface area contributed by atoms with Gasteiger partial charge in [0, 0.05) is 24.9 Å². The standard InChI is InChI=1S/C30H37FN2O5/c1-30(2)15-24(33(3)16-30)28(35)32-23-13-19(14-25(23)34)38-26-11-10-18(29(36)37)12-21(26)20-8-5-9-22(31)27(20)17-6-4-7-17/h5,8-12,17,19,23-25,34H,4,6-7,13-16H2,1-3H3,(H,32,35)(H,36,37)/t19-,23-,24?,25+/m0/s1. The van der Waals surface area contributed by atoms with Gasteiger partial charge in [0.15, 0.2) is 0 Å². The van der Waals surface area contributed by atoms with Crippen LogP contribution in [0.1, 0.15) is 74.2 Å². The highest BCUT2D eigenvalue weighted by Crippen LogP contribution is 2.45. The number of carbonyl (C=O) groups is 2. The zero-order valence-electron chi connectivity index (χ0n) is 22.2. The molecule has 2 aromatic carbocycles. The predicted molar refractivity (Wildman–Crippen MR) is 142 cm³/mol. The van der Waals surface area contributed by atoms with Crippen molar-refractivity contribution in [3.05, 3.63) is 53.3 Å². The quantitative estimate of drug-likeness (QED) is 0.491. The second kappa shape index (κ2) is 10.3. The molecule has 38 heavy (non-hydrogen) atoms. The normalized spacial score (nSPS) is 27.2. The van der Waals surface area contributed by atoms with Crippen LogP contribution < -0.4 is 10.1 Å². The molecule has 3 N–H and O–H groups in total. The molecule has 1 saturated heterocycles. The van der Waals surface area contributed by atoms with Crippen molar-refractivity contribution in [2.45, 2.75) is 82.6 Å². The molecule has 0 radical (unpaired) electrons. The number of carboxylic acids is 1. The number of aliphatic hydroxyl groups excluding tert-OH is 1. The van der Waals surface area contributed by atoms with Crippen molar-refractivity contribution in [1.29, 1.82) is 0 Å². The lowest BCUT2D eigenvalue weighted by Crippen LogP contribution is -2.48. The fraction of sp³-hybridized carbons (Fsp3) is 0.533. The molecule has 1 heterocycles. The molecule has 5 rings (SSSR count). The number of halogens is 1. The summed E-state index contributed by atoms with van der Waals surface area (Å²) in [7, 11) is 1.95. The average molecular weight is 525 g/mol. The summed E-state index contributed by atoms with van der Waals surface area (Å²) >= 11 is 0. The van der Waals surface area contributed by atoms with E-state index in [0.29, 0.717) is 35.3 Å². The van der Waals surface area contributed by atoms with Crippen LogP contribution in [0.2, 0.25) is 0 Å². The minimum absolute atomic E-state index is 0.0600. The van der Waals surface area contributed by atoms with Crippen LogP contribution in [0, 0.1) is 11.2 Å². The minimum Gasteiger partial charge on any atom is -0.490 e. The molecule has 0 aromatic heterocycles. The second-order valence-corrected chi connectivity index (χ2v) is 12.0. The summed E-state index contributed by atoms with van der Waals surface area (Å²) in [4.78, 5) is 26.8. The van der Waals surface area contributed by atoms with Crippen molar-refractivity contribution in [3.8, 4) is 16.9 Å². The number of hydrogen-bond acceptors (Lipinski definition) is 5. The summed E-state index contributed by atoms with van der Waals surface area (Å²) in [5.74, 6) is -0.905. The van der Waals surface area contributed by atoms with Crippen LogP contribution in [-0.4, -0.2) is 64.9 Å². The molecule has 7 nitrogen and oxygen atoms in total. The van der Waals surface area contributed by atoms with Crippen LogP contribution in [0.15, 0.2) is 36.4 Å². The van der Waals surface area contributed by atoms with Gasteiger partial charge in [0.1, 0.15) is 17.7 Å². The lowest BCUT2D eigenvalue weighted by molar-refractivity contribution is -0.126. The van der Waals surface area contributed by atoms with E-state index in [2.05, 4.69) is 24.1 Å². The molecule has 1 unspecified atom stereocenters. The molecule has 0 bridgehead atoms. The molecule has 8 heteroatoms. The number of rotatable bonds is 7. The van der Waals surface area contributed by atoms with E-state index in [-0.39, 0.29) is 40.8 Å². The third-order valence-corrected chi connectivity index (χ3v) is 8.45. The maximum absolute atomic E-state index is 15.0. The van der Waals surface area contributed by atoms with Gasteiger partial charge in [0.05, 0.1) is 23.8 Å². The number of nitrogens with one attached hydrogen (secondary N) is 1. The van der Waals surface area contributed by atoms with Crippen molar-refractivity contribution in [1.82, 2.24) is 10.2 Å². The fourth-order valence-corrected chi connectivity index (χ4v) is 6.36. The zero-order valence-corrected chi connectivity index (χ0v) is 22.2. The number of aromatic carboxylic acids is 1. The van der Waals surface area contributed by atoms with Crippen molar-refractivity contribution < 1.29 is 28.9 Å². The number of benzene rings is 2. The molecule has 3 fully saturated rings. The smallest absolute Gasteiger partial charge is 0.335 e. The van der Waals surface area contributed by atoms with E-state index in [1.807, 2.05) is 13.1 Å². The Bertz CT molecular complexity index is 1230. The summed E-state index contributed by atoms with van der Waals surface area (Å²) in [6, 6.07) is 8.86. The van der Waals surface area contributed by atoms with Gasteiger partial charge in [-0.15, -0.1) is 0 Å². The van der Waals surface area contributed by atoms with E-state index in [9.17, 15) is 24.2 Å². The summed E-state index contributed by atoms with van der Waals surface area (Å²) in [6.45, 7) is 5.13. The molecule has 0 spiro atoms. The van der Waals surface area contributed by atoms with E-state index < -0.39 is 18.1 Å². The largest absolute Gasteiger partial charge is 0.490 e. The number of likely N-dealkylation sites (tertiary alicyclic amines) is 1. The Labute approximate surface area is 223 Å². The molecule has 3 aliphatic rings. The van der Waals surface area contributed by atoms with Crippen LogP contribution in [-0.2, 0) is 4.79 Å². The molecule has 2 aromatic rings. The van der Waals surface area contributed by atoms with Crippen LogP contribution in [0.5, 0.6) is 5.75 Å².